The number of nitrogens with two attached hydrogens (primary N) is 1. The Bertz CT molecular complexity index is 887. The molecule has 108 valence electrons. The number of hydrogen-bond acceptors (Lipinski definition) is 5. The fourth-order valence-electron chi connectivity index (χ4n) is 1.86. The quantitative estimate of drug-likeness (QED) is 0.792. The minimum Gasteiger partial charge on any atom is -0.264 e. The van der Waals surface area contributed by atoms with Gasteiger partial charge in [0.25, 0.3) is 15.2 Å². The van der Waals surface area contributed by atoms with Gasteiger partial charge in [0.05, 0.1) is 9.90 Å². The molecule has 0 radical (unpaired) electrons. The standard InChI is InChI=1S/C12H9ClN4O2S2/c13-9-6-7-20-10(9)11-15-16-12(21(14,18)19)17(11)8-4-2-1-3-5-8/h1-7H,(H2,14,18,19). The number of benzene rings is 1. The fourth-order valence-corrected chi connectivity index (χ4v) is 3.58. The molecule has 2 aromatic heterocycles. The van der Waals surface area contributed by atoms with Crippen molar-refractivity contribution in [2.24, 2.45) is 5.14 Å². The van der Waals surface area contributed by atoms with E-state index in [1.807, 2.05) is 6.07 Å². The predicted molar refractivity (Wildman–Crippen MR) is 81.1 cm³/mol. The molecular weight excluding hydrogens is 332 g/mol. The average molecular weight is 341 g/mol. The van der Waals surface area contributed by atoms with E-state index in [1.165, 1.54) is 15.9 Å². The highest BCUT2D eigenvalue weighted by atomic mass is 35.5. The van der Waals surface area contributed by atoms with Gasteiger partial charge in [-0.15, -0.1) is 21.5 Å². The van der Waals surface area contributed by atoms with Crippen LogP contribution in [0.4, 0.5) is 0 Å². The minimum atomic E-state index is -4.01. The van der Waals surface area contributed by atoms with Crippen LogP contribution in [-0.4, -0.2) is 23.2 Å². The molecule has 0 aliphatic rings. The van der Waals surface area contributed by atoms with Crippen molar-refractivity contribution >= 4 is 33.0 Å². The van der Waals surface area contributed by atoms with E-state index in [1.54, 1.807) is 35.7 Å². The summed E-state index contributed by atoms with van der Waals surface area (Å²) in [7, 11) is -4.01. The van der Waals surface area contributed by atoms with Gasteiger partial charge in [-0.3, -0.25) is 4.57 Å². The summed E-state index contributed by atoms with van der Waals surface area (Å²) in [6.07, 6.45) is 0. The van der Waals surface area contributed by atoms with E-state index in [-0.39, 0.29) is 5.16 Å². The first-order chi connectivity index (χ1) is 9.98. The highest BCUT2D eigenvalue weighted by Crippen LogP contribution is 2.34. The molecule has 0 spiro atoms. The zero-order chi connectivity index (χ0) is 15.0. The highest BCUT2D eigenvalue weighted by molar-refractivity contribution is 7.89. The normalized spacial score (nSPS) is 11.7. The first kappa shape index (κ1) is 14.2. The second-order valence-corrected chi connectivity index (χ2v) is 6.90. The first-order valence-corrected chi connectivity index (χ1v) is 8.56. The first-order valence-electron chi connectivity index (χ1n) is 5.75. The molecule has 0 saturated heterocycles. The molecule has 6 nitrogen and oxygen atoms in total. The number of sulfonamides is 1. The van der Waals surface area contributed by atoms with Crippen LogP contribution < -0.4 is 5.14 Å². The Morgan fingerprint density at radius 3 is 2.43 bits per heavy atom. The van der Waals surface area contributed by atoms with Crippen molar-refractivity contribution in [2.45, 2.75) is 5.16 Å². The molecule has 3 aromatic rings. The van der Waals surface area contributed by atoms with Gasteiger partial charge >= 0.3 is 0 Å². The van der Waals surface area contributed by atoms with Crippen LogP contribution >= 0.6 is 22.9 Å². The highest BCUT2D eigenvalue weighted by Gasteiger charge is 2.24. The number of thiophene rings is 1. The van der Waals surface area contributed by atoms with Crippen LogP contribution in [0.5, 0.6) is 0 Å². The Morgan fingerprint density at radius 1 is 1.14 bits per heavy atom. The third-order valence-electron chi connectivity index (χ3n) is 2.72. The van der Waals surface area contributed by atoms with Crippen LogP contribution in [0.15, 0.2) is 46.9 Å². The largest absolute Gasteiger partial charge is 0.274 e. The van der Waals surface area contributed by atoms with Crippen molar-refractivity contribution in [3.8, 4) is 16.4 Å². The minimum absolute atomic E-state index is 0.326. The number of nitrogens with zero attached hydrogens (tertiary/aromatic N) is 3. The maximum atomic E-state index is 11.7. The number of halogens is 1. The lowest BCUT2D eigenvalue weighted by Crippen LogP contribution is -2.18. The number of hydrogen-bond donors (Lipinski definition) is 1. The zero-order valence-electron chi connectivity index (χ0n) is 10.5. The Hall–Kier alpha value is -1.74. The number of aromatic nitrogens is 3. The summed E-state index contributed by atoms with van der Waals surface area (Å²) >= 11 is 7.45. The summed E-state index contributed by atoms with van der Waals surface area (Å²) < 4.78 is 24.8. The van der Waals surface area contributed by atoms with Crippen LogP contribution in [0.3, 0.4) is 0 Å². The van der Waals surface area contributed by atoms with Crippen LogP contribution in [-0.2, 0) is 10.0 Å². The van der Waals surface area contributed by atoms with E-state index in [0.717, 1.165) is 0 Å². The van der Waals surface area contributed by atoms with E-state index >= 15 is 0 Å². The third kappa shape index (κ3) is 2.58. The Morgan fingerprint density at radius 2 is 1.86 bits per heavy atom. The van der Waals surface area contributed by atoms with Crippen molar-refractivity contribution in [3.05, 3.63) is 46.8 Å². The molecule has 0 saturated carbocycles. The van der Waals surface area contributed by atoms with E-state index in [9.17, 15) is 8.42 Å². The van der Waals surface area contributed by atoms with Crippen LogP contribution in [0, 0.1) is 0 Å². The van der Waals surface area contributed by atoms with Gasteiger partial charge in [-0.2, -0.15) is 0 Å². The summed E-state index contributed by atoms with van der Waals surface area (Å²) in [4.78, 5) is 0.628. The smallest absolute Gasteiger partial charge is 0.264 e. The van der Waals surface area contributed by atoms with E-state index in [4.69, 9.17) is 16.7 Å². The molecule has 0 bridgehead atoms. The van der Waals surface area contributed by atoms with Crippen molar-refractivity contribution < 1.29 is 8.42 Å². The molecule has 1 aromatic carbocycles. The molecule has 21 heavy (non-hydrogen) atoms. The molecule has 0 fully saturated rings. The maximum absolute atomic E-state index is 11.7. The molecule has 3 rings (SSSR count). The van der Waals surface area contributed by atoms with Crippen LogP contribution in [0.25, 0.3) is 16.4 Å². The van der Waals surface area contributed by atoms with Crippen molar-refractivity contribution in [1.82, 2.24) is 14.8 Å². The summed E-state index contributed by atoms with van der Waals surface area (Å²) in [5, 5.41) is 14.8. The van der Waals surface area contributed by atoms with E-state index < -0.39 is 10.0 Å². The molecule has 0 atom stereocenters. The van der Waals surface area contributed by atoms with Gasteiger partial charge in [0.15, 0.2) is 5.82 Å². The molecule has 0 unspecified atom stereocenters. The van der Waals surface area contributed by atoms with Crippen molar-refractivity contribution in [1.29, 1.82) is 0 Å². The van der Waals surface area contributed by atoms with Gasteiger partial charge in [0.1, 0.15) is 0 Å². The Labute approximate surface area is 129 Å². The lowest BCUT2D eigenvalue weighted by Gasteiger charge is -2.08. The van der Waals surface area contributed by atoms with Crippen molar-refractivity contribution in [2.75, 3.05) is 0 Å². The topological polar surface area (TPSA) is 90.9 Å². The lowest BCUT2D eigenvalue weighted by molar-refractivity contribution is 0.585. The monoisotopic (exact) mass is 340 g/mol. The average Bonchev–Trinajstić information content (AvgIpc) is 3.04. The zero-order valence-corrected chi connectivity index (χ0v) is 12.9. The molecule has 2 N–H and O–H groups in total. The SMILES string of the molecule is NS(=O)(=O)c1nnc(-c2sccc2Cl)n1-c1ccccc1. The van der Waals surface area contributed by atoms with Gasteiger partial charge in [-0.25, -0.2) is 13.6 Å². The van der Waals surface area contributed by atoms with Gasteiger partial charge in [-0.1, -0.05) is 29.8 Å². The molecule has 0 aliphatic carbocycles. The summed E-state index contributed by atoms with van der Waals surface area (Å²) in [6.45, 7) is 0. The number of primary sulfonamides is 1. The van der Waals surface area contributed by atoms with Gasteiger partial charge in [-0.05, 0) is 23.6 Å². The van der Waals surface area contributed by atoms with Crippen LogP contribution in [0.1, 0.15) is 0 Å². The second kappa shape index (κ2) is 5.23. The van der Waals surface area contributed by atoms with Crippen LogP contribution in [0.2, 0.25) is 5.02 Å². The molecule has 0 amide bonds. The Balaban J connectivity index is 2.33. The predicted octanol–water partition coefficient (Wildman–Crippen LogP) is 2.30. The fraction of sp³-hybridized carbons (Fsp3) is 0. The molecule has 2 heterocycles. The van der Waals surface area contributed by atoms with Gasteiger partial charge < -0.3 is 0 Å². The van der Waals surface area contributed by atoms with E-state index in [0.29, 0.717) is 21.4 Å². The summed E-state index contributed by atoms with van der Waals surface area (Å²) in [5.74, 6) is 0.338. The number of para-hydroxylation sites is 1. The molecular formula is C12H9ClN4O2S2. The Kier molecular flexibility index (Phi) is 3.54. The molecule has 0 aliphatic heterocycles. The van der Waals surface area contributed by atoms with Gasteiger partial charge in [0.2, 0.25) is 0 Å². The van der Waals surface area contributed by atoms with Gasteiger partial charge in [0, 0.05) is 5.69 Å². The van der Waals surface area contributed by atoms with E-state index in [2.05, 4.69) is 10.2 Å². The maximum Gasteiger partial charge on any atom is 0.274 e. The third-order valence-corrected chi connectivity index (χ3v) is 4.83. The summed E-state index contributed by atoms with van der Waals surface area (Å²) in [5.41, 5.74) is 0.589. The van der Waals surface area contributed by atoms with Crippen molar-refractivity contribution in [3.63, 3.8) is 0 Å². The molecule has 9 heteroatoms. The summed E-state index contributed by atoms with van der Waals surface area (Å²) in [6, 6.07) is 10.6. The lowest BCUT2D eigenvalue weighted by atomic mass is 10.3. The second-order valence-electron chi connectivity index (χ2n) is 4.12. The number of rotatable bonds is 3.